The average molecular weight is 371 g/mol. The molecule has 4 heterocycles. The van der Waals surface area contributed by atoms with Gasteiger partial charge < -0.3 is 10.2 Å². The zero-order chi connectivity index (χ0) is 17.9. The van der Waals surface area contributed by atoms with Crippen LogP contribution in [0.15, 0.2) is 30.0 Å². The van der Waals surface area contributed by atoms with Crippen molar-refractivity contribution in [2.75, 3.05) is 31.5 Å². The van der Waals surface area contributed by atoms with Crippen LogP contribution in [-0.2, 0) is 6.54 Å². The third kappa shape index (κ3) is 3.68. The van der Waals surface area contributed by atoms with Crippen LogP contribution < -0.4 is 5.32 Å². The Morgan fingerprint density at radius 2 is 2.23 bits per heavy atom. The quantitative estimate of drug-likeness (QED) is 0.764. The lowest BCUT2D eigenvalue weighted by Gasteiger charge is -2.22. The number of hydrogen-bond acceptors (Lipinski definition) is 6. The van der Waals surface area contributed by atoms with Gasteiger partial charge in [-0.25, -0.2) is 19.3 Å². The summed E-state index contributed by atoms with van der Waals surface area (Å²) in [6.45, 7) is 6.13. The van der Waals surface area contributed by atoms with Crippen molar-refractivity contribution in [1.82, 2.24) is 29.4 Å². The Bertz CT molecular complexity index is 905. The van der Waals surface area contributed by atoms with Gasteiger partial charge in [0.25, 0.3) is 0 Å². The number of thiazole rings is 1. The molecule has 1 aliphatic heterocycles. The molecule has 1 aliphatic rings. The first-order valence-corrected chi connectivity index (χ1v) is 9.54. The minimum atomic E-state index is -0.0903. The number of carbonyl (C=O) groups excluding carboxylic acids is 1. The summed E-state index contributed by atoms with van der Waals surface area (Å²) in [5.74, 6) is 0. The van der Waals surface area contributed by atoms with Gasteiger partial charge >= 0.3 is 6.03 Å². The molecule has 2 amide bonds. The molecule has 136 valence electrons. The standard InChI is InChI=1S/C17H21N7OS/c1-13-20-14(11-26-13)10-22-5-3-6-23(9-8-22)17(25)21-15-4-2-7-24-16(15)18-12-19-24/h2,4,7,11-12H,3,5-6,8-10H2,1H3,(H,21,25). The molecule has 0 bridgehead atoms. The summed E-state index contributed by atoms with van der Waals surface area (Å²) in [7, 11) is 0. The van der Waals surface area contributed by atoms with E-state index in [1.807, 2.05) is 30.2 Å². The molecule has 0 aliphatic carbocycles. The highest BCUT2D eigenvalue weighted by atomic mass is 32.1. The van der Waals surface area contributed by atoms with Crippen LogP contribution in [0.1, 0.15) is 17.1 Å². The number of urea groups is 1. The minimum absolute atomic E-state index is 0.0903. The van der Waals surface area contributed by atoms with Gasteiger partial charge in [0.2, 0.25) is 0 Å². The van der Waals surface area contributed by atoms with E-state index in [1.54, 1.807) is 15.9 Å². The summed E-state index contributed by atoms with van der Waals surface area (Å²) >= 11 is 1.68. The lowest BCUT2D eigenvalue weighted by atomic mass is 10.3. The van der Waals surface area contributed by atoms with Crippen LogP contribution >= 0.6 is 11.3 Å². The molecule has 1 saturated heterocycles. The molecule has 1 N–H and O–H groups in total. The number of carbonyl (C=O) groups is 1. The average Bonchev–Trinajstić information content (AvgIpc) is 3.20. The van der Waals surface area contributed by atoms with E-state index < -0.39 is 0 Å². The fraction of sp³-hybridized carbons (Fsp3) is 0.412. The number of rotatable bonds is 3. The normalized spacial score (nSPS) is 16.0. The van der Waals surface area contributed by atoms with Crippen LogP contribution in [0.2, 0.25) is 0 Å². The van der Waals surface area contributed by atoms with Crippen LogP contribution in [-0.4, -0.2) is 61.6 Å². The van der Waals surface area contributed by atoms with E-state index in [4.69, 9.17) is 0 Å². The first-order chi connectivity index (χ1) is 12.7. The van der Waals surface area contributed by atoms with E-state index in [0.29, 0.717) is 17.9 Å². The number of aryl methyl sites for hydroxylation is 1. The molecule has 26 heavy (non-hydrogen) atoms. The molecule has 0 radical (unpaired) electrons. The predicted molar refractivity (Wildman–Crippen MR) is 100 cm³/mol. The fourth-order valence-electron chi connectivity index (χ4n) is 3.18. The first-order valence-electron chi connectivity index (χ1n) is 8.67. The number of nitrogens with zero attached hydrogens (tertiary/aromatic N) is 6. The highest BCUT2D eigenvalue weighted by molar-refractivity contribution is 7.09. The van der Waals surface area contributed by atoms with Crippen molar-refractivity contribution in [2.24, 2.45) is 0 Å². The highest BCUT2D eigenvalue weighted by Crippen LogP contribution is 2.16. The first kappa shape index (κ1) is 16.9. The van der Waals surface area contributed by atoms with Crippen molar-refractivity contribution in [2.45, 2.75) is 19.9 Å². The van der Waals surface area contributed by atoms with Gasteiger partial charge in [-0.05, 0) is 25.5 Å². The summed E-state index contributed by atoms with van der Waals surface area (Å²) in [6, 6.07) is 3.60. The van der Waals surface area contributed by atoms with E-state index in [9.17, 15) is 4.79 Å². The van der Waals surface area contributed by atoms with Crippen molar-refractivity contribution in [3.8, 4) is 0 Å². The Morgan fingerprint density at radius 3 is 3.08 bits per heavy atom. The molecule has 0 atom stereocenters. The largest absolute Gasteiger partial charge is 0.323 e. The van der Waals surface area contributed by atoms with Crippen LogP contribution in [0.5, 0.6) is 0 Å². The maximum atomic E-state index is 12.7. The van der Waals surface area contributed by atoms with Crippen molar-refractivity contribution in [1.29, 1.82) is 0 Å². The molecule has 0 saturated carbocycles. The molecule has 0 unspecified atom stereocenters. The Hall–Kier alpha value is -2.52. The van der Waals surface area contributed by atoms with Gasteiger partial charge in [0, 0.05) is 44.3 Å². The summed E-state index contributed by atoms with van der Waals surface area (Å²) in [4.78, 5) is 25.7. The number of aromatic nitrogens is 4. The number of amides is 2. The smallest absolute Gasteiger partial charge is 0.321 e. The van der Waals surface area contributed by atoms with E-state index in [2.05, 4.69) is 30.7 Å². The molecule has 4 rings (SSSR count). The Balaban J connectivity index is 1.37. The van der Waals surface area contributed by atoms with E-state index in [1.165, 1.54) is 6.33 Å². The predicted octanol–water partition coefficient (Wildman–Crippen LogP) is 2.23. The fourth-order valence-corrected chi connectivity index (χ4v) is 3.79. The van der Waals surface area contributed by atoms with Crippen molar-refractivity contribution in [3.05, 3.63) is 40.7 Å². The monoisotopic (exact) mass is 371 g/mol. The van der Waals surface area contributed by atoms with Gasteiger partial charge in [0.15, 0.2) is 5.65 Å². The van der Waals surface area contributed by atoms with E-state index >= 15 is 0 Å². The van der Waals surface area contributed by atoms with Gasteiger partial charge in [0.05, 0.1) is 16.4 Å². The van der Waals surface area contributed by atoms with Crippen molar-refractivity contribution in [3.63, 3.8) is 0 Å². The topological polar surface area (TPSA) is 78.7 Å². The Morgan fingerprint density at radius 1 is 1.31 bits per heavy atom. The van der Waals surface area contributed by atoms with Crippen molar-refractivity contribution >= 4 is 28.7 Å². The highest BCUT2D eigenvalue weighted by Gasteiger charge is 2.20. The Kier molecular flexibility index (Phi) is 4.81. The third-order valence-corrected chi connectivity index (χ3v) is 5.30. The minimum Gasteiger partial charge on any atom is -0.323 e. The van der Waals surface area contributed by atoms with Crippen LogP contribution in [0.3, 0.4) is 0 Å². The molecule has 9 heteroatoms. The summed E-state index contributed by atoms with van der Waals surface area (Å²) < 4.78 is 1.65. The Labute approximate surface area is 155 Å². The molecule has 1 fully saturated rings. The number of hydrogen-bond donors (Lipinski definition) is 1. The molecular formula is C17H21N7OS. The molecule has 0 aromatic carbocycles. The summed E-state index contributed by atoms with van der Waals surface area (Å²) in [6.07, 6.45) is 4.24. The van der Waals surface area contributed by atoms with Gasteiger partial charge in [0.1, 0.15) is 6.33 Å². The second kappa shape index (κ2) is 7.38. The van der Waals surface area contributed by atoms with Gasteiger partial charge in [-0.2, -0.15) is 5.10 Å². The molecule has 8 nitrogen and oxygen atoms in total. The second-order valence-electron chi connectivity index (χ2n) is 6.35. The van der Waals surface area contributed by atoms with Crippen LogP contribution in [0, 0.1) is 6.92 Å². The summed E-state index contributed by atoms with van der Waals surface area (Å²) in [5.41, 5.74) is 2.44. The SMILES string of the molecule is Cc1nc(CN2CCCN(C(=O)Nc3cccn4ncnc34)CC2)cs1. The van der Waals surface area contributed by atoms with Gasteiger partial charge in [-0.3, -0.25) is 4.90 Å². The molecular weight excluding hydrogens is 350 g/mol. The molecule has 3 aromatic heterocycles. The maximum absolute atomic E-state index is 12.7. The molecule has 3 aromatic rings. The second-order valence-corrected chi connectivity index (χ2v) is 7.42. The van der Waals surface area contributed by atoms with E-state index in [0.717, 1.165) is 43.3 Å². The number of anilines is 1. The maximum Gasteiger partial charge on any atom is 0.321 e. The molecule has 0 spiro atoms. The van der Waals surface area contributed by atoms with Crippen molar-refractivity contribution < 1.29 is 4.79 Å². The number of fused-ring (bicyclic) bond motifs is 1. The zero-order valence-electron chi connectivity index (χ0n) is 14.6. The lowest BCUT2D eigenvalue weighted by molar-refractivity contribution is 0.211. The third-order valence-electron chi connectivity index (χ3n) is 4.47. The lowest BCUT2D eigenvalue weighted by Crippen LogP contribution is -2.38. The van der Waals surface area contributed by atoms with Gasteiger partial charge in [-0.1, -0.05) is 0 Å². The zero-order valence-corrected chi connectivity index (χ0v) is 15.4. The number of pyridine rings is 1. The van der Waals surface area contributed by atoms with Gasteiger partial charge in [-0.15, -0.1) is 11.3 Å². The van der Waals surface area contributed by atoms with Crippen LogP contribution in [0.4, 0.5) is 10.5 Å². The number of nitrogens with one attached hydrogen (secondary N) is 1. The summed E-state index contributed by atoms with van der Waals surface area (Å²) in [5, 5.41) is 10.3. The van der Waals surface area contributed by atoms with Crippen LogP contribution in [0.25, 0.3) is 5.65 Å². The van der Waals surface area contributed by atoms with E-state index in [-0.39, 0.29) is 6.03 Å².